The van der Waals surface area contributed by atoms with Gasteiger partial charge in [0.15, 0.2) is 5.82 Å². The highest BCUT2D eigenvalue weighted by Gasteiger charge is 2.36. The quantitative estimate of drug-likeness (QED) is 0.827. The van der Waals surface area contributed by atoms with Crippen molar-refractivity contribution in [3.05, 3.63) is 30.1 Å². The Labute approximate surface area is 156 Å². The molecule has 1 aromatic heterocycles. The van der Waals surface area contributed by atoms with Crippen LogP contribution >= 0.6 is 0 Å². The number of aromatic amines is 1. The van der Waals surface area contributed by atoms with Crippen molar-refractivity contribution in [1.29, 1.82) is 0 Å². The van der Waals surface area contributed by atoms with Gasteiger partial charge in [-0.1, -0.05) is 12.1 Å². The standard InChI is InChI=1S/C18H21N5O4/c1-26-13-6-3-2-5-12(13)23-10-11(9-15(23)24)17(25)20-18-19-16(21-22-18)14-7-4-8-27-14/h2-3,5-6,11,14H,4,7-10H2,1H3,(H2,19,20,21,22,25). The molecule has 142 valence electrons. The number of hydrogen-bond acceptors (Lipinski definition) is 6. The molecule has 0 saturated carbocycles. The Balaban J connectivity index is 1.42. The van der Waals surface area contributed by atoms with Crippen molar-refractivity contribution in [3.63, 3.8) is 0 Å². The van der Waals surface area contributed by atoms with Gasteiger partial charge in [0.1, 0.15) is 11.9 Å². The molecule has 0 radical (unpaired) electrons. The monoisotopic (exact) mass is 371 g/mol. The zero-order valence-corrected chi connectivity index (χ0v) is 15.0. The Morgan fingerprint density at radius 2 is 2.26 bits per heavy atom. The van der Waals surface area contributed by atoms with Crippen LogP contribution in [-0.2, 0) is 14.3 Å². The molecule has 4 rings (SSSR count). The third kappa shape index (κ3) is 3.50. The minimum Gasteiger partial charge on any atom is -0.495 e. The summed E-state index contributed by atoms with van der Waals surface area (Å²) in [6.45, 7) is 0.990. The molecule has 1 aromatic carbocycles. The number of carbonyl (C=O) groups excluding carboxylic acids is 2. The largest absolute Gasteiger partial charge is 0.495 e. The fourth-order valence-electron chi connectivity index (χ4n) is 3.45. The lowest BCUT2D eigenvalue weighted by atomic mass is 10.1. The van der Waals surface area contributed by atoms with E-state index < -0.39 is 5.92 Å². The van der Waals surface area contributed by atoms with E-state index in [0.29, 0.717) is 23.9 Å². The second-order valence-electron chi connectivity index (χ2n) is 6.61. The molecule has 3 heterocycles. The van der Waals surface area contributed by atoms with E-state index in [-0.39, 0.29) is 36.8 Å². The van der Waals surface area contributed by atoms with Crippen molar-refractivity contribution in [2.45, 2.75) is 25.4 Å². The van der Waals surface area contributed by atoms with Gasteiger partial charge < -0.3 is 14.4 Å². The van der Waals surface area contributed by atoms with Gasteiger partial charge in [0.05, 0.1) is 18.7 Å². The molecule has 2 unspecified atom stereocenters. The van der Waals surface area contributed by atoms with E-state index >= 15 is 0 Å². The molecular formula is C18H21N5O4. The molecule has 2 amide bonds. The number of benzene rings is 1. The molecule has 2 fully saturated rings. The number of nitrogens with one attached hydrogen (secondary N) is 2. The summed E-state index contributed by atoms with van der Waals surface area (Å²) in [5, 5.41) is 9.53. The normalized spacial score (nSPS) is 22.3. The lowest BCUT2D eigenvalue weighted by Gasteiger charge is -2.19. The minimum absolute atomic E-state index is 0.0998. The van der Waals surface area contributed by atoms with Crippen molar-refractivity contribution < 1.29 is 19.1 Å². The number of H-pyrrole nitrogens is 1. The Morgan fingerprint density at radius 1 is 1.41 bits per heavy atom. The second-order valence-corrected chi connectivity index (χ2v) is 6.61. The number of ether oxygens (including phenoxy) is 2. The van der Waals surface area contributed by atoms with Crippen LogP contribution in [-0.4, -0.2) is 47.3 Å². The van der Waals surface area contributed by atoms with E-state index in [9.17, 15) is 9.59 Å². The van der Waals surface area contributed by atoms with Crippen LogP contribution < -0.4 is 15.0 Å². The lowest BCUT2D eigenvalue weighted by Crippen LogP contribution is -2.28. The van der Waals surface area contributed by atoms with E-state index in [1.54, 1.807) is 24.1 Å². The number of aromatic nitrogens is 3. The van der Waals surface area contributed by atoms with Gasteiger partial charge in [0.25, 0.3) is 0 Å². The highest BCUT2D eigenvalue weighted by molar-refractivity contribution is 6.03. The van der Waals surface area contributed by atoms with Gasteiger partial charge in [-0.3, -0.25) is 20.0 Å². The Kier molecular flexibility index (Phi) is 4.76. The predicted octanol–water partition coefficient (Wildman–Crippen LogP) is 1.66. The number of carbonyl (C=O) groups is 2. The molecule has 0 spiro atoms. The molecule has 2 N–H and O–H groups in total. The first-order chi connectivity index (χ1) is 13.2. The van der Waals surface area contributed by atoms with Crippen LogP contribution in [0.1, 0.15) is 31.2 Å². The Morgan fingerprint density at radius 3 is 3.04 bits per heavy atom. The average Bonchev–Trinajstić information content (AvgIpc) is 3.42. The first-order valence-electron chi connectivity index (χ1n) is 8.94. The van der Waals surface area contributed by atoms with Crippen LogP contribution in [0.3, 0.4) is 0 Å². The number of rotatable bonds is 5. The molecule has 2 saturated heterocycles. The van der Waals surface area contributed by atoms with E-state index in [1.165, 1.54) is 0 Å². The van der Waals surface area contributed by atoms with E-state index in [2.05, 4.69) is 20.5 Å². The summed E-state index contributed by atoms with van der Waals surface area (Å²) < 4.78 is 10.9. The molecule has 0 aliphatic carbocycles. The van der Waals surface area contributed by atoms with Gasteiger partial charge in [0, 0.05) is 19.6 Å². The zero-order chi connectivity index (χ0) is 18.8. The summed E-state index contributed by atoms with van der Waals surface area (Å²) in [6, 6.07) is 7.26. The number of methoxy groups -OCH3 is 1. The van der Waals surface area contributed by atoms with Crippen molar-refractivity contribution in [2.75, 3.05) is 30.5 Å². The van der Waals surface area contributed by atoms with Crippen molar-refractivity contribution in [2.24, 2.45) is 5.92 Å². The van der Waals surface area contributed by atoms with Crippen LogP contribution in [0.4, 0.5) is 11.6 Å². The molecule has 2 aliphatic rings. The summed E-state index contributed by atoms with van der Waals surface area (Å²) in [7, 11) is 1.55. The van der Waals surface area contributed by atoms with Crippen LogP contribution in [0.15, 0.2) is 24.3 Å². The minimum atomic E-state index is -0.480. The van der Waals surface area contributed by atoms with E-state index in [4.69, 9.17) is 9.47 Å². The van der Waals surface area contributed by atoms with Gasteiger partial charge in [-0.2, -0.15) is 4.98 Å². The van der Waals surface area contributed by atoms with Gasteiger partial charge >= 0.3 is 0 Å². The number of anilines is 2. The molecule has 2 aromatic rings. The van der Waals surface area contributed by atoms with Crippen LogP contribution in [0.2, 0.25) is 0 Å². The van der Waals surface area contributed by atoms with Crippen LogP contribution in [0.5, 0.6) is 5.75 Å². The van der Waals surface area contributed by atoms with E-state index in [1.807, 2.05) is 12.1 Å². The molecule has 0 bridgehead atoms. The third-order valence-electron chi connectivity index (χ3n) is 4.84. The first kappa shape index (κ1) is 17.5. The fourth-order valence-corrected chi connectivity index (χ4v) is 3.45. The number of para-hydroxylation sites is 2. The molecule has 2 aliphatic heterocycles. The average molecular weight is 371 g/mol. The first-order valence-corrected chi connectivity index (χ1v) is 8.94. The molecular weight excluding hydrogens is 350 g/mol. The summed E-state index contributed by atoms with van der Waals surface area (Å²) in [4.78, 5) is 30.9. The Bertz CT molecular complexity index is 846. The maximum Gasteiger partial charge on any atom is 0.248 e. The highest BCUT2D eigenvalue weighted by Crippen LogP contribution is 2.33. The Hall–Kier alpha value is -2.94. The maximum absolute atomic E-state index is 12.6. The van der Waals surface area contributed by atoms with Gasteiger partial charge in [-0.25, -0.2) is 0 Å². The molecule has 27 heavy (non-hydrogen) atoms. The zero-order valence-electron chi connectivity index (χ0n) is 15.0. The van der Waals surface area contributed by atoms with Gasteiger partial charge in [0.2, 0.25) is 17.8 Å². The van der Waals surface area contributed by atoms with Crippen LogP contribution in [0.25, 0.3) is 0 Å². The second kappa shape index (κ2) is 7.36. The van der Waals surface area contributed by atoms with Gasteiger partial charge in [-0.05, 0) is 25.0 Å². The number of nitrogens with zero attached hydrogens (tertiary/aromatic N) is 3. The maximum atomic E-state index is 12.6. The summed E-state index contributed by atoms with van der Waals surface area (Å²) in [5.74, 6) is 0.539. The van der Waals surface area contributed by atoms with Crippen LogP contribution in [0, 0.1) is 5.92 Å². The SMILES string of the molecule is COc1ccccc1N1CC(C(=O)Nc2n[nH]c(C3CCCO3)n2)CC1=O. The lowest BCUT2D eigenvalue weighted by molar-refractivity contribution is -0.122. The van der Waals surface area contributed by atoms with Crippen molar-refractivity contribution in [1.82, 2.24) is 15.2 Å². The molecule has 9 heteroatoms. The fraction of sp³-hybridized carbons (Fsp3) is 0.444. The topological polar surface area (TPSA) is 109 Å². The number of amides is 2. The smallest absolute Gasteiger partial charge is 0.248 e. The summed E-state index contributed by atoms with van der Waals surface area (Å²) >= 11 is 0. The molecule has 9 nitrogen and oxygen atoms in total. The third-order valence-corrected chi connectivity index (χ3v) is 4.84. The highest BCUT2D eigenvalue weighted by atomic mass is 16.5. The van der Waals surface area contributed by atoms with Gasteiger partial charge in [-0.15, -0.1) is 5.10 Å². The van der Waals surface area contributed by atoms with E-state index in [0.717, 1.165) is 12.8 Å². The summed E-state index contributed by atoms with van der Waals surface area (Å²) in [6.07, 6.45) is 1.90. The van der Waals surface area contributed by atoms with Crippen molar-refractivity contribution in [3.8, 4) is 5.75 Å². The predicted molar refractivity (Wildman–Crippen MR) is 96.4 cm³/mol. The summed E-state index contributed by atoms with van der Waals surface area (Å²) in [5.41, 5.74) is 0.666. The van der Waals surface area contributed by atoms with Crippen molar-refractivity contribution >= 4 is 23.5 Å². The molecule has 2 atom stereocenters. The number of hydrogen-bond donors (Lipinski definition) is 2.